The topological polar surface area (TPSA) is 18.5 Å². The van der Waals surface area contributed by atoms with Gasteiger partial charge in [-0.15, -0.1) is 6.58 Å². The lowest BCUT2D eigenvalue weighted by Crippen LogP contribution is -2.37. The summed E-state index contributed by atoms with van der Waals surface area (Å²) >= 11 is 0. The predicted molar refractivity (Wildman–Crippen MR) is 84.3 cm³/mol. The maximum Gasteiger partial charge on any atom is 0.334 e. The Kier molecular flexibility index (Phi) is 16.8. The molecule has 0 fully saturated rings. The molecule has 0 amide bonds. The molecule has 0 aliphatic heterocycles. The number of hydrogen-bond donors (Lipinski definition) is 0. The van der Waals surface area contributed by atoms with Crippen molar-refractivity contribution >= 4 is 8.56 Å². The largest absolute Gasteiger partial charge is 0.398 e. The fourth-order valence-electron chi connectivity index (χ4n) is 1.50. The van der Waals surface area contributed by atoms with Crippen molar-refractivity contribution in [3.63, 3.8) is 0 Å². The third-order valence-corrected chi connectivity index (χ3v) is 5.92. The van der Waals surface area contributed by atoms with E-state index in [9.17, 15) is 0 Å². The highest BCUT2D eigenvalue weighted by Crippen LogP contribution is 2.15. The van der Waals surface area contributed by atoms with Gasteiger partial charge in [-0.05, 0) is 25.4 Å². The molecule has 0 N–H and O–H groups in total. The number of rotatable bonds is 10. The SMILES string of the molecule is C=CCC.CCCCCCO[Si](C)(CCC)OC. The van der Waals surface area contributed by atoms with E-state index in [1.807, 2.05) is 6.08 Å². The highest BCUT2D eigenvalue weighted by molar-refractivity contribution is 6.65. The predicted octanol–water partition coefficient (Wildman–Crippen LogP) is 5.29. The molecule has 0 aromatic heterocycles. The molecule has 0 heterocycles. The molecule has 0 saturated carbocycles. The Balaban J connectivity index is 0. The highest BCUT2D eigenvalue weighted by Gasteiger charge is 2.28. The van der Waals surface area contributed by atoms with Gasteiger partial charge in [0.2, 0.25) is 0 Å². The molecule has 3 heteroatoms. The fourth-order valence-corrected chi connectivity index (χ4v) is 3.45. The molecule has 0 radical (unpaired) electrons. The van der Waals surface area contributed by atoms with E-state index in [4.69, 9.17) is 8.85 Å². The van der Waals surface area contributed by atoms with Crippen molar-refractivity contribution in [3.8, 4) is 0 Å². The van der Waals surface area contributed by atoms with Gasteiger partial charge in [0.1, 0.15) is 0 Å². The van der Waals surface area contributed by atoms with Gasteiger partial charge in [-0.25, -0.2) is 0 Å². The minimum atomic E-state index is -1.78. The first-order valence-corrected chi connectivity index (χ1v) is 9.92. The van der Waals surface area contributed by atoms with Gasteiger partial charge >= 0.3 is 8.56 Å². The van der Waals surface area contributed by atoms with Crippen LogP contribution in [-0.4, -0.2) is 22.3 Å². The summed E-state index contributed by atoms with van der Waals surface area (Å²) in [7, 11) is 0.00207. The number of hydrogen-bond acceptors (Lipinski definition) is 2. The summed E-state index contributed by atoms with van der Waals surface area (Å²) in [5.41, 5.74) is 0. The normalized spacial score (nSPS) is 13.4. The quantitative estimate of drug-likeness (QED) is 0.306. The molecule has 2 nitrogen and oxygen atoms in total. The summed E-state index contributed by atoms with van der Waals surface area (Å²) in [6.07, 6.45) is 9.20. The van der Waals surface area contributed by atoms with E-state index in [2.05, 4.69) is 33.9 Å². The summed E-state index contributed by atoms with van der Waals surface area (Å²) < 4.78 is 11.4. The first kappa shape index (κ1) is 20.2. The monoisotopic (exact) mass is 274 g/mol. The van der Waals surface area contributed by atoms with Crippen LogP contribution in [0.3, 0.4) is 0 Å². The van der Waals surface area contributed by atoms with E-state index in [1.54, 1.807) is 7.11 Å². The molecule has 0 spiro atoms. The molecule has 0 aliphatic rings. The molecule has 0 aromatic rings. The van der Waals surface area contributed by atoms with Crippen LogP contribution in [0.25, 0.3) is 0 Å². The van der Waals surface area contributed by atoms with Gasteiger partial charge in [0.25, 0.3) is 0 Å². The summed E-state index contributed by atoms with van der Waals surface area (Å²) in [5.74, 6) is 0. The van der Waals surface area contributed by atoms with Crippen LogP contribution in [0.15, 0.2) is 12.7 Å². The summed E-state index contributed by atoms with van der Waals surface area (Å²) in [6, 6.07) is 1.11. The van der Waals surface area contributed by atoms with Crippen LogP contribution < -0.4 is 0 Å². The Hall–Kier alpha value is -0.123. The van der Waals surface area contributed by atoms with Crippen molar-refractivity contribution in [2.45, 2.75) is 71.9 Å². The van der Waals surface area contributed by atoms with E-state index in [0.29, 0.717) is 0 Å². The summed E-state index contributed by atoms with van der Waals surface area (Å²) in [6.45, 7) is 13.0. The summed E-state index contributed by atoms with van der Waals surface area (Å²) in [4.78, 5) is 0. The lowest BCUT2D eigenvalue weighted by Gasteiger charge is -2.24. The zero-order chi connectivity index (χ0) is 14.3. The van der Waals surface area contributed by atoms with Crippen LogP contribution in [0.1, 0.15) is 59.3 Å². The number of unbranched alkanes of at least 4 members (excludes halogenated alkanes) is 3. The van der Waals surface area contributed by atoms with Gasteiger partial charge in [0, 0.05) is 13.7 Å². The van der Waals surface area contributed by atoms with Gasteiger partial charge in [-0.2, -0.15) is 0 Å². The molecule has 18 heavy (non-hydrogen) atoms. The third-order valence-electron chi connectivity index (χ3n) is 2.83. The number of allylic oxidation sites excluding steroid dienone is 1. The average molecular weight is 275 g/mol. The highest BCUT2D eigenvalue weighted by atomic mass is 28.4. The first-order chi connectivity index (χ1) is 8.60. The van der Waals surface area contributed by atoms with Gasteiger partial charge in [-0.3, -0.25) is 0 Å². The molecule has 0 bridgehead atoms. The molecular formula is C15H34O2Si. The second-order valence-corrected chi connectivity index (χ2v) is 8.16. The lowest BCUT2D eigenvalue weighted by atomic mass is 10.2. The van der Waals surface area contributed by atoms with Crippen molar-refractivity contribution in [2.24, 2.45) is 0 Å². The molecular weight excluding hydrogens is 240 g/mol. The second-order valence-electron chi connectivity index (χ2n) is 4.69. The van der Waals surface area contributed by atoms with Crippen LogP contribution in [0.4, 0.5) is 0 Å². The first-order valence-electron chi connectivity index (χ1n) is 7.40. The lowest BCUT2D eigenvalue weighted by molar-refractivity contribution is 0.199. The van der Waals surface area contributed by atoms with E-state index in [1.165, 1.54) is 25.7 Å². The van der Waals surface area contributed by atoms with Crippen LogP contribution in [0, 0.1) is 0 Å². The van der Waals surface area contributed by atoms with E-state index in [0.717, 1.165) is 25.5 Å². The molecule has 0 aliphatic carbocycles. The van der Waals surface area contributed by atoms with Crippen molar-refractivity contribution in [1.29, 1.82) is 0 Å². The fraction of sp³-hybridized carbons (Fsp3) is 0.867. The zero-order valence-electron chi connectivity index (χ0n) is 13.3. The Morgan fingerprint density at radius 3 is 2.06 bits per heavy atom. The average Bonchev–Trinajstić information content (AvgIpc) is 2.39. The van der Waals surface area contributed by atoms with Crippen molar-refractivity contribution in [1.82, 2.24) is 0 Å². The van der Waals surface area contributed by atoms with Crippen LogP contribution in [-0.2, 0) is 8.85 Å². The van der Waals surface area contributed by atoms with Gasteiger partial charge < -0.3 is 8.85 Å². The maximum absolute atomic E-state index is 5.88. The third kappa shape index (κ3) is 13.9. The molecule has 0 rings (SSSR count). The van der Waals surface area contributed by atoms with Crippen molar-refractivity contribution in [3.05, 3.63) is 12.7 Å². The Bertz CT molecular complexity index is 174. The Morgan fingerprint density at radius 1 is 1.06 bits per heavy atom. The Morgan fingerprint density at radius 2 is 1.67 bits per heavy atom. The molecule has 0 aromatic carbocycles. The molecule has 1 unspecified atom stereocenters. The van der Waals surface area contributed by atoms with Crippen molar-refractivity contribution < 1.29 is 8.85 Å². The molecule has 110 valence electrons. The summed E-state index contributed by atoms with van der Waals surface area (Å²) in [5, 5.41) is 0. The van der Waals surface area contributed by atoms with E-state index in [-0.39, 0.29) is 0 Å². The second kappa shape index (κ2) is 14.9. The smallest absolute Gasteiger partial charge is 0.334 e. The standard InChI is InChI=1S/C11H26O2Si.C4H8/c1-5-7-8-9-10-13-14(4,12-3)11-6-2;1-3-4-2/h5-11H2,1-4H3;3H,1,4H2,2H3. The van der Waals surface area contributed by atoms with Gasteiger partial charge in [0.15, 0.2) is 0 Å². The van der Waals surface area contributed by atoms with E-state index < -0.39 is 8.56 Å². The van der Waals surface area contributed by atoms with Gasteiger partial charge in [-0.1, -0.05) is 52.5 Å². The minimum absolute atomic E-state index is 0.885. The molecule has 1 atom stereocenters. The van der Waals surface area contributed by atoms with E-state index >= 15 is 0 Å². The zero-order valence-corrected chi connectivity index (χ0v) is 14.3. The van der Waals surface area contributed by atoms with Crippen molar-refractivity contribution in [2.75, 3.05) is 13.7 Å². The minimum Gasteiger partial charge on any atom is -0.398 e. The molecule has 0 saturated heterocycles. The van der Waals surface area contributed by atoms with Crippen LogP contribution >= 0.6 is 0 Å². The van der Waals surface area contributed by atoms with Crippen LogP contribution in [0.5, 0.6) is 0 Å². The van der Waals surface area contributed by atoms with Gasteiger partial charge in [0.05, 0.1) is 0 Å². The maximum atomic E-state index is 5.88. The van der Waals surface area contributed by atoms with Crippen LogP contribution in [0.2, 0.25) is 12.6 Å². The Labute approximate surface area is 116 Å².